The van der Waals surface area contributed by atoms with E-state index in [2.05, 4.69) is 0 Å². The van der Waals surface area contributed by atoms with E-state index in [0.29, 0.717) is 0 Å². The zero-order valence-electron chi connectivity index (χ0n) is 6.82. The SMILES string of the molecule is CC(=O)c1cc(F)c(C)c(F)c1. The zero-order chi connectivity index (χ0) is 9.30. The van der Waals surface area contributed by atoms with Gasteiger partial charge in [0.15, 0.2) is 5.78 Å². The van der Waals surface area contributed by atoms with E-state index in [9.17, 15) is 13.6 Å². The summed E-state index contributed by atoms with van der Waals surface area (Å²) in [6.07, 6.45) is 0. The summed E-state index contributed by atoms with van der Waals surface area (Å²) in [5.41, 5.74) is 0.00981. The highest BCUT2D eigenvalue weighted by Crippen LogP contribution is 2.14. The Morgan fingerprint density at radius 1 is 1.25 bits per heavy atom. The maximum Gasteiger partial charge on any atom is 0.160 e. The lowest BCUT2D eigenvalue weighted by atomic mass is 10.1. The van der Waals surface area contributed by atoms with Crippen LogP contribution in [0.3, 0.4) is 0 Å². The highest BCUT2D eigenvalue weighted by Gasteiger charge is 2.08. The van der Waals surface area contributed by atoms with Crippen molar-refractivity contribution in [2.24, 2.45) is 0 Å². The third-order valence-electron chi connectivity index (χ3n) is 1.69. The monoisotopic (exact) mass is 170 g/mol. The number of carbonyl (C=O) groups is 1. The molecule has 64 valence electrons. The van der Waals surface area contributed by atoms with Crippen LogP contribution in [0.5, 0.6) is 0 Å². The molecule has 0 amide bonds. The van der Waals surface area contributed by atoms with Gasteiger partial charge in [-0.3, -0.25) is 4.79 Å². The van der Waals surface area contributed by atoms with Gasteiger partial charge in [0.05, 0.1) is 0 Å². The molecular weight excluding hydrogens is 162 g/mol. The van der Waals surface area contributed by atoms with Gasteiger partial charge in [-0.25, -0.2) is 8.78 Å². The first-order valence-electron chi connectivity index (χ1n) is 3.49. The molecule has 1 nitrogen and oxygen atoms in total. The van der Waals surface area contributed by atoms with Gasteiger partial charge in [-0.2, -0.15) is 0 Å². The molecule has 12 heavy (non-hydrogen) atoms. The molecule has 0 atom stereocenters. The van der Waals surface area contributed by atoms with Crippen LogP contribution in [0.2, 0.25) is 0 Å². The van der Waals surface area contributed by atoms with Crippen molar-refractivity contribution in [1.82, 2.24) is 0 Å². The van der Waals surface area contributed by atoms with Crippen LogP contribution in [0.25, 0.3) is 0 Å². The molecule has 0 aliphatic rings. The molecule has 0 fully saturated rings. The molecule has 0 aliphatic carbocycles. The largest absolute Gasteiger partial charge is 0.295 e. The molecule has 0 aromatic heterocycles. The first-order valence-corrected chi connectivity index (χ1v) is 3.49. The van der Waals surface area contributed by atoms with Crippen LogP contribution in [0, 0.1) is 18.6 Å². The van der Waals surface area contributed by atoms with Gasteiger partial charge in [0, 0.05) is 11.1 Å². The summed E-state index contributed by atoms with van der Waals surface area (Å²) in [5.74, 6) is -1.70. The fourth-order valence-corrected chi connectivity index (χ4v) is 0.849. The second-order valence-corrected chi connectivity index (χ2v) is 2.62. The number of halogens is 2. The average molecular weight is 170 g/mol. The standard InChI is InChI=1S/C9H8F2O/c1-5-8(10)3-7(6(2)12)4-9(5)11/h3-4H,1-2H3. The van der Waals surface area contributed by atoms with Crippen molar-refractivity contribution in [2.45, 2.75) is 13.8 Å². The lowest BCUT2D eigenvalue weighted by molar-refractivity contribution is 0.101. The Kier molecular flexibility index (Phi) is 2.22. The second-order valence-electron chi connectivity index (χ2n) is 2.62. The van der Waals surface area contributed by atoms with Crippen molar-refractivity contribution in [2.75, 3.05) is 0 Å². The number of hydrogen-bond donors (Lipinski definition) is 0. The van der Waals surface area contributed by atoms with Crippen LogP contribution in [0.1, 0.15) is 22.8 Å². The summed E-state index contributed by atoms with van der Waals surface area (Å²) in [5, 5.41) is 0. The highest BCUT2D eigenvalue weighted by atomic mass is 19.1. The van der Waals surface area contributed by atoms with Gasteiger partial charge in [0.1, 0.15) is 11.6 Å². The van der Waals surface area contributed by atoms with Gasteiger partial charge in [-0.1, -0.05) is 0 Å². The number of Topliss-reactive ketones (excluding diaryl/α,β-unsaturated/α-hetero) is 1. The fourth-order valence-electron chi connectivity index (χ4n) is 0.849. The first-order chi connectivity index (χ1) is 5.52. The van der Waals surface area contributed by atoms with E-state index in [0.717, 1.165) is 12.1 Å². The molecule has 1 aromatic rings. The normalized spacial score (nSPS) is 10.0. The molecule has 0 aliphatic heterocycles. The quantitative estimate of drug-likeness (QED) is 0.592. The second kappa shape index (κ2) is 3.01. The molecule has 0 saturated carbocycles. The van der Waals surface area contributed by atoms with E-state index in [4.69, 9.17) is 0 Å². The number of ketones is 1. The molecular formula is C9H8F2O. The van der Waals surface area contributed by atoms with Gasteiger partial charge in [-0.15, -0.1) is 0 Å². The number of hydrogen-bond acceptors (Lipinski definition) is 1. The Hall–Kier alpha value is -1.25. The Morgan fingerprint density at radius 2 is 1.67 bits per heavy atom. The lowest BCUT2D eigenvalue weighted by Gasteiger charge is -2.00. The molecule has 0 heterocycles. The van der Waals surface area contributed by atoms with E-state index < -0.39 is 11.6 Å². The smallest absolute Gasteiger partial charge is 0.160 e. The van der Waals surface area contributed by atoms with E-state index in [1.807, 2.05) is 0 Å². The third kappa shape index (κ3) is 1.49. The average Bonchev–Trinajstić information content (AvgIpc) is 1.99. The van der Waals surface area contributed by atoms with Crippen molar-refractivity contribution >= 4 is 5.78 Å². The van der Waals surface area contributed by atoms with Crippen molar-refractivity contribution in [1.29, 1.82) is 0 Å². The van der Waals surface area contributed by atoms with Crippen molar-refractivity contribution < 1.29 is 13.6 Å². The molecule has 0 unspecified atom stereocenters. The molecule has 0 saturated heterocycles. The molecule has 0 spiro atoms. The number of benzene rings is 1. The topological polar surface area (TPSA) is 17.1 Å². The number of carbonyl (C=O) groups excluding carboxylic acids is 1. The fraction of sp³-hybridized carbons (Fsp3) is 0.222. The van der Waals surface area contributed by atoms with Crippen LogP contribution in [0.4, 0.5) is 8.78 Å². The molecule has 1 rings (SSSR count). The minimum Gasteiger partial charge on any atom is -0.295 e. The summed E-state index contributed by atoms with van der Waals surface area (Å²) in [4.78, 5) is 10.7. The van der Waals surface area contributed by atoms with Crippen LogP contribution in [0.15, 0.2) is 12.1 Å². The molecule has 0 bridgehead atoms. The predicted octanol–water partition coefficient (Wildman–Crippen LogP) is 2.48. The van der Waals surface area contributed by atoms with E-state index >= 15 is 0 Å². The minimum atomic E-state index is -0.680. The number of rotatable bonds is 1. The summed E-state index contributed by atoms with van der Waals surface area (Å²) in [6, 6.07) is 2.08. The van der Waals surface area contributed by atoms with Crippen LogP contribution < -0.4 is 0 Å². The Balaban J connectivity index is 3.31. The van der Waals surface area contributed by atoms with Gasteiger partial charge < -0.3 is 0 Å². The summed E-state index contributed by atoms with van der Waals surface area (Å²) in [7, 11) is 0. The summed E-state index contributed by atoms with van der Waals surface area (Å²) in [6.45, 7) is 2.60. The van der Waals surface area contributed by atoms with Crippen molar-refractivity contribution in [3.63, 3.8) is 0 Å². The van der Waals surface area contributed by atoms with Crippen molar-refractivity contribution in [3.05, 3.63) is 34.9 Å². The predicted molar refractivity (Wildman–Crippen MR) is 41.1 cm³/mol. The maximum atomic E-state index is 12.8. The van der Waals surface area contributed by atoms with Crippen LogP contribution in [-0.2, 0) is 0 Å². The van der Waals surface area contributed by atoms with Gasteiger partial charge in [0.25, 0.3) is 0 Å². The van der Waals surface area contributed by atoms with Crippen LogP contribution in [-0.4, -0.2) is 5.78 Å². The van der Waals surface area contributed by atoms with Gasteiger partial charge in [-0.05, 0) is 26.0 Å². The van der Waals surface area contributed by atoms with Gasteiger partial charge in [0.2, 0.25) is 0 Å². The summed E-state index contributed by atoms with van der Waals surface area (Å²) >= 11 is 0. The maximum absolute atomic E-state index is 12.8. The highest BCUT2D eigenvalue weighted by molar-refractivity contribution is 5.94. The van der Waals surface area contributed by atoms with E-state index in [1.54, 1.807) is 0 Å². The Labute approximate surface area is 69.0 Å². The molecule has 0 radical (unpaired) electrons. The lowest BCUT2D eigenvalue weighted by Crippen LogP contribution is -1.97. The van der Waals surface area contributed by atoms with Crippen LogP contribution >= 0.6 is 0 Å². The Morgan fingerprint density at radius 3 is 2.00 bits per heavy atom. The first kappa shape index (κ1) is 8.84. The summed E-state index contributed by atoms with van der Waals surface area (Å²) < 4.78 is 25.6. The van der Waals surface area contributed by atoms with E-state index in [1.165, 1.54) is 13.8 Å². The molecule has 3 heteroatoms. The molecule has 1 aromatic carbocycles. The minimum absolute atomic E-state index is 0.0556. The zero-order valence-corrected chi connectivity index (χ0v) is 6.82. The van der Waals surface area contributed by atoms with Gasteiger partial charge >= 0.3 is 0 Å². The molecule has 0 N–H and O–H groups in total. The Bertz CT molecular complexity index is 308. The third-order valence-corrected chi connectivity index (χ3v) is 1.69. The van der Waals surface area contributed by atoms with E-state index in [-0.39, 0.29) is 16.9 Å². The van der Waals surface area contributed by atoms with Crippen molar-refractivity contribution in [3.8, 4) is 0 Å².